The van der Waals surface area contributed by atoms with E-state index in [4.69, 9.17) is 4.42 Å². The molecule has 0 N–H and O–H groups in total. The lowest BCUT2D eigenvalue weighted by Gasteiger charge is -2.32. The van der Waals surface area contributed by atoms with E-state index in [9.17, 15) is 0 Å². The average molecular weight is 323 g/mol. The lowest BCUT2D eigenvalue weighted by molar-refractivity contribution is 0.304. The number of rotatable bonds is 1. The summed E-state index contributed by atoms with van der Waals surface area (Å²) in [6, 6.07) is 3.23. The van der Waals surface area contributed by atoms with Crippen molar-refractivity contribution in [2.75, 3.05) is 31.1 Å². The summed E-state index contributed by atoms with van der Waals surface area (Å²) in [5, 5.41) is 0. The number of pyridine rings is 1. The van der Waals surface area contributed by atoms with E-state index in [0.717, 1.165) is 41.4 Å². The first kappa shape index (κ1) is 11.7. The Kier molecular flexibility index (Phi) is 2.57. The largest absolute Gasteiger partial charge is 0.422 e. The summed E-state index contributed by atoms with van der Waals surface area (Å²) in [6.07, 6.45) is 1.20. The zero-order valence-corrected chi connectivity index (χ0v) is 12.4. The second-order valence-electron chi connectivity index (χ2n) is 5.31. The number of nitrogens with zero attached hydrogens (tertiary/aromatic N) is 4. The second-order valence-corrected chi connectivity index (χ2v) is 6.16. The van der Waals surface area contributed by atoms with Crippen molar-refractivity contribution in [1.29, 1.82) is 0 Å². The van der Waals surface area contributed by atoms with Crippen molar-refractivity contribution in [3.05, 3.63) is 16.2 Å². The van der Waals surface area contributed by atoms with Crippen LogP contribution in [0.15, 0.2) is 15.0 Å². The second kappa shape index (κ2) is 4.18. The van der Waals surface area contributed by atoms with Crippen molar-refractivity contribution >= 4 is 33.2 Å². The maximum absolute atomic E-state index is 5.90. The van der Waals surface area contributed by atoms with Crippen LogP contribution in [-0.4, -0.2) is 47.1 Å². The summed E-state index contributed by atoms with van der Waals surface area (Å²) in [5.41, 5.74) is 2.40. The number of oxazole rings is 1. The Morgan fingerprint density at radius 3 is 3.11 bits per heavy atom. The van der Waals surface area contributed by atoms with Gasteiger partial charge in [0.05, 0.1) is 5.69 Å². The van der Waals surface area contributed by atoms with E-state index in [0.29, 0.717) is 11.7 Å². The van der Waals surface area contributed by atoms with E-state index >= 15 is 0 Å². The van der Waals surface area contributed by atoms with E-state index in [1.807, 2.05) is 13.0 Å². The molecule has 2 saturated heterocycles. The summed E-state index contributed by atoms with van der Waals surface area (Å²) in [4.78, 5) is 13.8. The lowest BCUT2D eigenvalue weighted by Crippen LogP contribution is -2.46. The van der Waals surface area contributed by atoms with Gasteiger partial charge in [-0.2, -0.15) is 4.98 Å². The summed E-state index contributed by atoms with van der Waals surface area (Å²) in [7, 11) is 0. The predicted octanol–water partition coefficient (Wildman–Crippen LogP) is 2.19. The van der Waals surface area contributed by atoms with Crippen LogP contribution < -0.4 is 4.90 Å². The average Bonchev–Trinajstić information content (AvgIpc) is 2.95. The van der Waals surface area contributed by atoms with Crippen molar-refractivity contribution < 1.29 is 4.42 Å². The van der Waals surface area contributed by atoms with Crippen LogP contribution in [0.5, 0.6) is 0 Å². The highest BCUT2D eigenvalue weighted by Gasteiger charge is 2.34. The fourth-order valence-corrected chi connectivity index (χ4v) is 3.29. The topological polar surface area (TPSA) is 45.4 Å². The van der Waals surface area contributed by atoms with Gasteiger partial charge in [-0.25, -0.2) is 4.98 Å². The van der Waals surface area contributed by atoms with Crippen molar-refractivity contribution in [3.8, 4) is 0 Å². The first-order chi connectivity index (χ1) is 9.20. The first-order valence-electron chi connectivity index (χ1n) is 6.63. The molecule has 100 valence electrons. The number of hydrogen-bond acceptors (Lipinski definition) is 5. The van der Waals surface area contributed by atoms with Gasteiger partial charge in [0.1, 0.15) is 0 Å². The van der Waals surface area contributed by atoms with Crippen molar-refractivity contribution in [2.24, 2.45) is 0 Å². The van der Waals surface area contributed by atoms with Gasteiger partial charge in [0.15, 0.2) is 5.58 Å². The quantitative estimate of drug-likeness (QED) is 0.805. The molecule has 2 aromatic heterocycles. The molecule has 4 rings (SSSR count). The van der Waals surface area contributed by atoms with Crippen LogP contribution in [-0.2, 0) is 0 Å². The SMILES string of the molecule is Cc1nc2nc(N3CCN4CC[C@@H]3C4)oc2cc1Br. The number of piperazine rings is 1. The van der Waals surface area contributed by atoms with Gasteiger partial charge in [0, 0.05) is 42.8 Å². The fraction of sp³-hybridized carbons (Fsp3) is 0.538. The Hall–Kier alpha value is -1.14. The molecule has 2 atom stereocenters. The van der Waals surface area contributed by atoms with E-state index in [2.05, 4.69) is 35.7 Å². The number of hydrogen-bond donors (Lipinski definition) is 0. The molecule has 0 spiro atoms. The van der Waals surface area contributed by atoms with Gasteiger partial charge in [-0.05, 0) is 29.3 Å². The van der Waals surface area contributed by atoms with E-state index in [1.54, 1.807) is 0 Å². The van der Waals surface area contributed by atoms with Gasteiger partial charge in [-0.1, -0.05) is 0 Å². The van der Waals surface area contributed by atoms with Crippen LogP contribution in [0.1, 0.15) is 12.1 Å². The zero-order chi connectivity index (χ0) is 13.0. The minimum atomic E-state index is 0.548. The third kappa shape index (κ3) is 1.85. The maximum atomic E-state index is 5.90. The Morgan fingerprint density at radius 1 is 1.32 bits per heavy atom. The molecule has 0 amide bonds. The summed E-state index contributed by atoms with van der Waals surface area (Å²) >= 11 is 3.48. The van der Waals surface area contributed by atoms with Crippen molar-refractivity contribution in [3.63, 3.8) is 0 Å². The number of fused-ring (bicyclic) bond motifs is 3. The van der Waals surface area contributed by atoms with E-state index in [-0.39, 0.29) is 0 Å². The molecule has 5 nitrogen and oxygen atoms in total. The van der Waals surface area contributed by atoms with Crippen LogP contribution in [0.4, 0.5) is 6.01 Å². The highest BCUT2D eigenvalue weighted by Crippen LogP contribution is 2.30. The molecular weight excluding hydrogens is 308 g/mol. The van der Waals surface area contributed by atoms with Crippen molar-refractivity contribution in [1.82, 2.24) is 14.9 Å². The molecule has 0 aliphatic carbocycles. The molecule has 0 aromatic carbocycles. The van der Waals surface area contributed by atoms with Crippen LogP contribution in [0, 0.1) is 6.92 Å². The molecule has 2 aromatic rings. The molecule has 0 radical (unpaired) electrons. The molecule has 2 bridgehead atoms. The monoisotopic (exact) mass is 322 g/mol. The van der Waals surface area contributed by atoms with Crippen LogP contribution >= 0.6 is 15.9 Å². The molecule has 0 saturated carbocycles. The molecule has 2 fully saturated rings. The van der Waals surface area contributed by atoms with E-state index in [1.165, 1.54) is 13.0 Å². The first-order valence-corrected chi connectivity index (χ1v) is 7.43. The fourth-order valence-electron chi connectivity index (χ4n) is 2.99. The molecule has 19 heavy (non-hydrogen) atoms. The number of halogens is 1. The van der Waals surface area contributed by atoms with Crippen molar-refractivity contribution in [2.45, 2.75) is 19.4 Å². The highest BCUT2D eigenvalue weighted by molar-refractivity contribution is 9.10. The molecule has 2 aliphatic rings. The Labute approximate surface area is 119 Å². The summed E-state index contributed by atoms with van der Waals surface area (Å²) < 4.78 is 6.86. The standard InChI is InChI=1S/C13H15BrN4O/c1-8-10(14)6-11-12(15-8)16-13(19-11)18-5-4-17-3-2-9(18)7-17/h6,9H,2-5,7H2,1H3/t9-/m1/s1. The minimum Gasteiger partial charge on any atom is -0.422 e. The maximum Gasteiger partial charge on any atom is 0.300 e. The summed E-state index contributed by atoms with van der Waals surface area (Å²) in [6.45, 7) is 6.40. The zero-order valence-electron chi connectivity index (χ0n) is 10.8. The van der Waals surface area contributed by atoms with Crippen LogP contribution in [0.3, 0.4) is 0 Å². The van der Waals surface area contributed by atoms with Gasteiger partial charge >= 0.3 is 0 Å². The number of anilines is 1. The van der Waals surface area contributed by atoms with Gasteiger partial charge in [-0.3, -0.25) is 4.90 Å². The minimum absolute atomic E-state index is 0.548. The lowest BCUT2D eigenvalue weighted by atomic mass is 10.2. The van der Waals surface area contributed by atoms with Crippen LogP contribution in [0.2, 0.25) is 0 Å². The third-order valence-corrected chi connectivity index (χ3v) is 4.89. The molecule has 2 aliphatic heterocycles. The summed E-state index contributed by atoms with van der Waals surface area (Å²) in [5.74, 6) is 0. The smallest absolute Gasteiger partial charge is 0.300 e. The number of aromatic nitrogens is 2. The van der Waals surface area contributed by atoms with Gasteiger partial charge in [0.2, 0.25) is 5.65 Å². The van der Waals surface area contributed by atoms with E-state index < -0.39 is 0 Å². The molecule has 1 unspecified atom stereocenters. The van der Waals surface area contributed by atoms with Gasteiger partial charge < -0.3 is 9.32 Å². The van der Waals surface area contributed by atoms with Gasteiger partial charge in [0.25, 0.3) is 6.01 Å². The highest BCUT2D eigenvalue weighted by atomic mass is 79.9. The predicted molar refractivity (Wildman–Crippen MR) is 76.4 cm³/mol. The third-order valence-electron chi connectivity index (χ3n) is 4.09. The Balaban J connectivity index is 1.75. The molecule has 6 heteroatoms. The molecule has 4 heterocycles. The van der Waals surface area contributed by atoms with Gasteiger partial charge in [-0.15, -0.1) is 0 Å². The van der Waals surface area contributed by atoms with Crippen LogP contribution in [0.25, 0.3) is 11.2 Å². The Bertz CT molecular complexity index is 602. The molecular formula is C13H15BrN4O. The normalized spacial score (nSPS) is 26.3. The Morgan fingerprint density at radius 2 is 2.21 bits per heavy atom. The number of aryl methyl sites for hydroxylation is 1.